The van der Waals surface area contributed by atoms with Gasteiger partial charge in [-0.25, -0.2) is 0 Å². The lowest BCUT2D eigenvalue weighted by molar-refractivity contribution is -0.123. The molecule has 5 rings (SSSR count). The lowest BCUT2D eigenvalue weighted by atomic mass is 9.73. The van der Waals surface area contributed by atoms with E-state index in [-0.39, 0.29) is 17.6 Å². The highest BCUT2D eigenvalue weighted by atomic mass is 35.5. The van der Waals surface area contributed by atoms with Crippen LogP contribution in [0.2, 0.25) is 5.02 Å². The summed E-state index contributed by atoms with van der Waals surface area (Å²) in [5.74, 6) is 1.94. The zero-order valence-electron chi connectivity index (χ0n) is 18.6. The fourth-order valence-corrected chi connectivity index (χ4v) is 5.55. The molecule has 2 aliphatic carbocycles. The van der Waals surface area contributed by atoms with Gasteiger partial charge in [-0.15, -0.1) is 0 Å². The van der Waals surface area contributed by atoms with E-state index >= 15 is 0 Å². The lowest BCUT2D eigenvalue weighted by Crippen LogP contribution is -2.49. The maximum absolute atomic E-state index is 12.9. The molecule has 0 radical (unpaired) electrons. The van der Waals surface area contributed by atoms with E-state index < -0.39 is 0 Å². The van der Waals surface area contributed by atoms with E-state index in [1.54, 1.807) is 0 Å². The Bertz CT molecular complexity index is 965. The molecule has 1 unspecified atom stereocenters. The molecule has 2 aromatic rings. The number of nitrogens with one attached hydrogen (secondary N) is 1. The van der Waals surface area contributed by atoms with Gasteiger partial charge in [0.1, 0.15) is 17.1 Å². The molecule has 2 fully saturated rings. The first-order chi connectivity index (χ1) is 15.6. The van der Waals surface area contributed by atoms with Crippen LogP contribution >= 0.6 is 11.6 Å². The number of fused-ring (bicyclic) bond motifs is 1. The predicted molar refractivity (Wildman–Crippen MR) is 126 cm³/mol. The van der Waals surface area contributed by atoms with Crippen molar-refractivity contribution in [2.75, 3.05) is 0 Å². The molecule has 0 aromatic heterocycles. The Hall–Kier alpha value is -2.20. The second kappa shape index (κ2) is 9.35. The molecule has 0 saturated heterocycles. The lowest BCUT2D eigenvalue weighted by Gasteiger charge is -2.48. The van der Waals surface area contributed by atoms with Crippen molar-refractivity contribution in [2.24, 2.45) is 0 Å². The third-order valence-corrected chi connectivity index (χ3v) is 7.50. The minimum atomic E-state index is -0.116. The quantitative estimate of drug-likeness (QED) is 0.517. The molecule has 1 aliphatic heterocycles. The van der Waals surface area contributed by atoms with Gasteiger partial charge >= 0.3 is 0 Å². The number of aryl methyl sites for hydroxylation is 1. The normalized spacial score (nSPS) is 21.5. The van der Waals surface area contributed by atoms with Gasteiger partial charge in [-0.05, 0) is 87.6 Å². The van der Waals surface area contributed by atoms with Crippen molar-refractivity contribution in [1.29, 1.82) is 0 Å². The second-order valence-corrected chi connectivity index (χ2v) is 10.1. The first kappa shape index (κ1) is 21.6. The van der Waals surface area contributed by atoms with Crippen molar-refractivity contribution < 1.29 is 14.3 Å². The van der Waals surface area contributed by atoms with Gasteiger partial charge in [0.15, 0.2) is 0 Å². The van der Waals surface area contributed by atoms with Crippen LogP contribution in [-0.4, -0.2) is 17.6 Å². The number of ether oxygens (including phenoxy) is 2. The van der Waals surface area contributed by atoms with Gasteiger partial charge in [-0.1, -0.05) is 29.8 Å². The largest absolute Gasteiger partial charge is 0.490 e. The summed E-state index contributed by atoms with van der Waals surface area (Å²) in [6.07, 6.45) is 11.4. The number of halogens is 1. The van der Waals surface area contributed by atoms with Gasteiger partial charge in [0.05, 0.1) is 12.1 Å². The highest BCUT2D eigenvalue weighted by Gasteiger charge is 2.45. The fourth-order valence-electron chi connectivity index (χ4n) is 5.36. The molecule has 1 N–H and O–H groups in total. The zero-order chi connectivity index (χ0) is 22.0. The van der Waals surface area contributed by atoms with Crippen LogP contribution in [0.25, 0.3) is 0 Å². The van der Waals surface area contributed by atoms with Gasteiger partial charge in [0, 0.05) is 23.4 Å². The minimum Gasteiger partial charge on any atom is -0.490 e. The molecule has 170 valence electrons. The van der Waals surface area contributed by atoms with Crippen LogP contribution in [0, 0.1) is 0 Å². The summed E-state index contributed by atoms with van der Waals surface area (Å²) in [7, 11) is 0. The van der Waals surface area contributed by atoms with Crippen molar-refractivity contribution >= 4 is 17.5 Å². The Kier molecular flexibility index (Phi) is 6.32. The molecule has 32 heavy (non-hydrogen) atoms. The van der Waals surface area contributed by atoms with E-state index in [0.717, 1.165) is 62.0 Å². The van der Waals surface area contributed by atoms with Gasteiger partial charge in [-0.2, -0.15) is 0 Å². The number of carbonyl (C=O) groups excluding carboxylic acids is 1. The average molecular weight is 454 g/mol. The molecule has 1 atom stereocenters. The van der Waals surface area contributed by atoms with Crippen molar-refractivity contribution in [2.45, 2.75) is 88.4 Å². The summed E-state index contributed by atoms with van der Waals surface area (Å²) in [6, 6.07) is 14.0. The van der Waals surface area contributed by atoms with Crippen LogP contribution < -0.4 is 14.8 Å². The Morgan fingerprint density at radius 3 is 2.72 bits per heavy atom. The predicted octanol–water partition coefficient (Wildman–Crippen LogP) is 6.55. The van der Waals surface area contributed by atoms with Gasteiger partial charge < -0.3 is 14.8 Å². The van der Waals surface area contributed by atoms with Crippen LogP contribution in [0.3, 0.4) is 0 Å². The summed E-state index contributed by atoms with van der Waals surface area (Å²) in [4.78, 5) is 12.9. The van der Waals surface area contributed by atoms with Gasteiger partial charge in [0.25, 0.3) is 0 Å². The van der Waals surface area contributed by atoms with E-state index in [4.69, 9.17) is 21.1 Å². The van der Waals surface area contributed by atoms with Crippen molar-refractivity contribution in [3.8, 4) is 11.5 Å². The van der Waals surface area contributed by atoms with Crippen molar-refractivity contribution in [3.05, 3.63) is 58.6 Å². The summed E-state index contributed by atoms with van der Waals surface area (Å²) in [5.41, 5.74) is 2.08. The van der Waals surface area contributed by atoms with Crippen LogP contribution in [-0.2, 0) is 11.2 Å². The molecule has 1 spiro atoms. The van der Waals surface area contributed by atoms with E-state index in [1.165, 1.54) is 24.8 Å². The second-order valence-electron chi connectivity index (χ2n) is 9.63. The maximum atomic E-state index is 12.9. The minimum absolute atomic E-state index is 0.0387. The first-order valence-electron chi connectivity index (χ1n) is 12.1. The molecule has 5 heteroatoms. The summed E-state index contributed by atoms with van der Waals surface area (Å²) >= 11 is 6.24. The number of carbonyl (C=O) groups is 1. The number of rotatable bonds is 7. The highest BCUT2D eigenvalue weighted by molar-refractivity contribution is 6.30. The molecular formula is C27H32ClNO3. The molecule has 0 bridgehead atoms. The standard InChI is InChI=1S/C27H32ClNO3/c28-20-13-14-25-22(17-20)23(18-27(32-25)15-6-16-27)29-26(30)12-5-8-19-7-1-4-11-24(19)31-21-9-2-3-10-21/h1,4,7,11,13-14,17,21,23H,2-3,5-6,8-10,12,15-16,18H2,(H,29,30). The molecule has 4 nitrogen and oxygen atoms in total. The number of benzene rings is 2. The Morgan fingerprint density at radius 2 is 1.94 bits per heavy atom. The number of hydrogen-bond donors (Lipinski definition) is 1. The topological polar surface area (TPSA) is 47.6 Å². The Labute approximate surface area is 195 Å². The van der Waals surface area contributed by atoms with Gasteiger partial charge in [0.2, 0.25) is 5.91 Å². The number of para-hydroxylation sites is 1. The molecule has 1 heterocycles. The molecule has 2 aromatic carbocycles. The molecule has 3 aliphatic rings. The first-order valence-corrected chi connectivity index (χ1v) is 12.5. The van der Waals surface area contributed by atoms with E-state index in [9.17, 15) is 4.79 Å². The number of hydrogen-bond acceptors (Lipinski definition) is 3. The monoisotopic (exact) mass is 453 g/mol. The van der Waals surface area contributed by atoms with Crippen LogP contribution in [0.5, 0.6) is 11.5 Å². The highest BCUT2D eigenvalue weighted by Crippen LogP contribution is 2.49. The third kappa shape index (κ3) is 4.76. The SMILES string of the molecule is O=C(CCCc1ccccc1OC1CCCC1)NC1CC2(CCC2)Oc2ccc(Cl)cc21. The van der Waals surface area contributed by atoms with Crippen LogP contribution in [0.4, 0.5) is 0 Å². The average Bonchev–Trinajstić information content (AvgIpc) is 3.27. The third-order valence-electron chi connectivity index (χ3n) is 7.27. The maximum Gasteiger partial charge on any atom is 0.220 e. The smallest absolute Gasteiger partial charge is 0.220 e. The molecule has 1 amide bonds. The Morgan fingerprint density at radius 1 is 1.12 bits per heavy atom. The summed E-state index contributed by atoms with van der Waals surface area (Å²) in [5, 5.41) is 3.95. The van der Waals surface area contributed by atoms with Gasteiger partial charge in [-0.3, -0.25) is 4.79 Å². The molecule has 2 saturated carbocycles. The summed E-state index contributed by atoms with van der Waals surface area (Å²) in [6.45, 7) is 0. The number of amides is 1. The zero-order valence-corrected chi connectivity index (χ0v) is 19.3. The fraction of sp³-hybridized carbons (Fsp3) is 0.519. The Balaban J connectivity index is 1.18. The van der Waals surface area contributed by atoms with Crippen LogP contribution in [0.1, 0.15) is 81.4 Å². The van der Waals surface area contributed by atoms with E-state index in [0.29, 0.717) is 17.5 Å². The summed E-state index contributed by atoms with van der Waals surface area (Å²) < 4.78 is 12.6. The van der Waals surface area contributed by atoms with Crippen molar-refractivity contribution in [3.63, 3.8) is 0 Å². The molecular weight excluding hydrogens is 422 g/mol. The van der Waals surface area contributed by atoms with E-state index in [2.05, 4.69) is 23.5 Å². The van der Waals surface area contributed by atoms with Crippen LogP contribution in [0.15, 0.2) is 42.5 Å². The van der Waals surface area contributed by atoms with Crippen molar-refractivity contribution in [1.82, 2.24) is 5.32 Å². The van der Waals surface area contributed by atoms with E-state index in [1.807, 2.05) is 24.3 Å².